The molecule has 1 N–H and O–H groups in total. The zero-order chi connectivity index (χ0) is 19.3. The molecule has 0 saturated carbocycles. The van der Waals surface area contributed by atoms with Gasteiger partial charge in [-0.1, -0.05) is 47.5 Å². The highest BCUT2D eigenvalue weighted by molar-refractivity contribution is 6.42. The third-order valence-corrected chi connectivity index (χ3v) is 4.71. The van der Waals surface area contributed by atoms with Crippen molar-refractivity contribution in [3.63, 3.8) is 0 Å². The van der Waals surface area contributed by atoms with Crippen LogP contribution in [-0.4, -0.2) is 30.5 Å². The van der Waals surface area contributed by atoms with Gasteiger partial charge < -0.3 is 10.1 Å². The van der Waals surface area contributed by atoms with E-state index in [0.717, 1.165) is 5.56 Å². The summed E-state index contributed by atoms with van der Waals surface area (Å²) in [6.45, 7) is -0.883. The number of alkyl halides is 2. The van der Waals surface area contributed by atoms with Crippen LogP contribution >= 0.6 is 23.2 Å². The Morgan fingerprint density at radius 3 is 2.58 bits per heavy atom. The second-order valence-corrected chi connectivity index (χ2v) is 6.45. The van der Waals surface area contributed by atoms with E-state index in [1.54, 1.807) is 43.1 Å². The number of likely N-dealkylation sites (N-methyl/N-ethyl adjacent to an activating group) is 1. The Hall–Kier alpha value is -1.89. The van der Waals surface area contributed by atoms with Crippen LogP contribution in [0.4, 0.5) is 14.5 Å². The molecule has 0 aliphatic carbocycles. The van der Waals surface area contributed by atoms with Gasteiger partial charge in [0.1, 0.15) is 5.75 Å². The van der Waals surface area contributed by atoms with Crippen LogP contribution in [-0.2, 0) is 11.3 Å². The zero-order valence-electron chi connectivity index (χ0n) is 14.2. The maximum atomic E-state index is 12.5. The van der Waals surface area contributed by atoms with Crippen molar-refractivity contribution >= 4 is 34.8 Å². The molecule has 140 valence electrons. The van der Waals surface area contributed by atoms with Crippen molar-refractivity contribution in [2.45, 2.75) is 26.1 Å². The maximum Gasteiger partial charge on any atom is 0.387 e. The summed E-state index contributed by atoms with van der Waals surface area (Å²) in [4.78, 5) is 14.2. The summed E-state index contributed by atoms with van der Waals surface area (Å²) in [5, 5.41) is 3.48. The van der Waals surface area contributed by atoms with E-state index in [2.05, 4.69) is 10.1 Å². The van der Waals surface area contributed by atoms with Gasteiger partial charge in [-0.05, 0) is 37.7 Å². The SMILES string of the molecule is CC(C(=O)Nc1ccccc1OC(F)F)N(C)Cc1cccc(Cl)c1Cl. The second kappa shape index (κ2) is 9.16. The highest BCUT2D eigenvalue weighted by atomic mass is 35.5. The Morgan fingerprint density at radius 1 is 1.19 bits per heavy atom. The number of carbonyl (C=O) groups excluding carboxylic acids is 1. The van der Waals surface area contributed by atoms with Gasteiger partial charge in [-0.2, -0.15) is 8.78 Å². The number of amides is 1. The van der Waals surface area contributed by atoms with E-state index in [-0.39, 0.29) is 17.3 Å². The van der Waals surface area contributed by atoms with Crippen LogP contribution in [0.3, 0.4) is 0 Å². The van der Waals surface area contributed by atoms with Crippen LogP contribution in [0.1, 0.15) is 12.5 Å². The number of halogens is 4. The molecule has 1 amide bonds. The minimum absolute atomic E-state index is 0.0939. The quantitative estimate of drug-likeness (QED) is 0.703. The number of benzene rings is 2. The molecule has 0 aromatic heterocycles. The summed E-state index contributed by atoms with van der Waals surface area (Å²) in [5.74, 6) is -0.459. The minimum Gasteiger partial charge on any atom is -0.433 e. The Bertz CT molecular complexity index is 775. The third-order valence-electron chi connectivity index (χ3n) is 3.85. The first-order valence-corrected chi connectivity index (χ1v) is 8.53. The summed E-state index contributed by atoms with van der Waals surface area (Å²) in [7, 11) is 1.75. The zero-order valence-corrected chi connectivity index (χ0v) is 15.7. The molecule has 1 atom stereocenters. The van der Waals surface area contributed by atoms with Crippen molar-refractivity contribution < 1.29 is 18.3 Å². The molecule has 4 nitrogen and oxygen atoms in total. The molecule has 8 heteroatoms. The molecule has 2 aromatic rings. The monoisotopic (exact) mass is 402 g/mol. The lowest BCUT2D eigenvalue weighted by Crippen LogP contribution is -2.39. The number of carbonyl (C=O) groups is 1. The molecule has 0 heterocycles. The fourth-order valence-electron chi connectivity index (χ4n) is 2.28. The number of nitrogens with one attached hydrogen (secondary N) is 1. The van der Waals surface area contributed by atoms with E-state index in [0.29, 0.717) is 16.6 Å². The van der Waals surface area contributed by atoms with Crippen LogP contribution in [0.15, 0.2) is 42.5 Å². The van der Waals surface area contributed by atoms with Gasteiger partial charge in [0.2, 0.25) is 5.91 Å². The fourth-order valence-corrected chi connectivity index (χ4v) is 2.66. The third kappa shape index (κ3) is 5.30. The van der Waals surface area contributed by atoms with Gasteiger partial charge in [0.25, 0.3) is 0 Å². The molecule has 26 heavy (non-hydrogen) atoms. The number of para-hydroxylation sites is 2. The Kier molecular flexibility index (Phi) is 7.20. The van der Waals surface area contributed by atoms with E-state index in [1.807, 2.05) is 6.07 Å². The summed E-state index contributed by atoms with van der Waals surface area (Å²) in [6.07, 6.45) is 0. The molecule has 2 aromatic carbocycles. The number of nitrogens with zero attached hydrogens (tertiary/aromatic N) is 1. The number of anilines is 1. The summed E-state index contributed by atoms with van der Waals surface area (Å²) in [5.41, 5.74) is 0.960. The first kappa shape index (κ1) is 20.4. The predicted octanol–water partition coefficient (Wildman–Crippen LogP) is 5.05. The topological polar surface area (TPSA) is 41.6 Å². The fraction of sp³-hybridized carbons (Fsp3) is 0.278. The first-order chi connectivity index (χ1) is 12.3. The summed E-state index contributed by atoms with van der Waals surface area (Å²) in [6, 6.07) is 10.8. The lowest BCUT2D eigenvalue weighted by Gasteiger charge is -2.25. The van der Waals surface area contributed by atoms with Gasteiger partial charge >= 0.3 is 6.61 Å². The molecular formula is C18H18Cl2F2N2O2. The van der Waals surface area contributed by atoms with Crippen LogP contribution in [0.5, 0.6) is 5.75 Å². The van der Waals surface area contributed by atoms with Crippen LogP contribution in [0, 0.1) is 0 Å². The van der Waals surface area contributed by atoms with Crippen LogP contribution in [0.25, 0.3) is 0 Å². The highest BCUT2D eigenvalue weighted by Gasteiger charge is 2.21. The summed E-state index contributed by atoms with van der Waals surface area (Å²) >= 11 is 12.2. The number of hydrogen-bond acceptors (Lipinski definition) is 3. The van der Waals surface area contributed by atoms with Gasteiger partial charge in [-0.25, -0.2) is 0 Å². The number of hydrogen-bond donors (Lipinski definition) is 1. The van der Waals surface area contributed by atoms with Crippen molar-refractivity contribution in [2.75, 3.05) is 12.4 Å². The summed E-state index contributed by atoms with van der Waals surface area (Å²) < 4.78 is 29.4. The van der Waals surface area contributed by atoms with Crippen molar-refractivity contribution in [1.82, 2.24) is 4.90 Å². The number of ether oxygens (including phenoxy) is 1. The highest BCUT2D eigenvalue weighted by Crippen LogP contribution is 2.28. The molecule has 0 saturated heterocycles. The molecule has 0 aliphatic heterocycles. The van der Waals surface area contributed by atoms with Gasteiger partial charge in [0, 0.05) is 6.54 Å². The molecular weight excluding hydrogens is 385 g/mol. The van der Waals surface area contributed by atoms with E-state index in [1.165, 1.54) is 12.1 Å². The van der Waals surface area contributed by atoms with Gasteiger partial charge in [-0.15, -0.1) is 0 Å². The predicted molar refractivity (Wildman–Crippen MR) is 99.1 cm³/mol. The molecule has 0 aliphatic rings. The van der Waals surface area contributed by atoms with Gasteiger partial charge in [0.15, 0.2) is 0 Å². The smallest absolute Gasteiger partial charge is 0.387 e. The Balaban J connectivity index is 2.06. The van der Waals surface area contributed by atoms with Crippen LogP contribution in [0.2, 0.25) is 10.0 Å². The average Bonchev–Trinajstić information content (AvgIpc) is 2.59. The van der Waals surface area contributed by atoms with Crippen molar-refractivity contribution in [3.8, 4) is 5.75 Å². The second-order valence-electron chi connectivity index (χ2n) is 5.67. The molecule has 1 unspecified atom stereocenters. The standard InChI is InChI=1S/C18H18Cl2F2N2O2/c1-11(24(2)10-12-6-5-7-13(19)16(12)20)17(25)23-14-8-3-4-9-15(14)26-18(21)22/h3-9,11,18H,10H2,1-2H3,(H,23,25). The Labute approximate surface area is 160 Å². The van der Waals surface area contributed by atoms with E-state index < -0.39 is 12.7 Å². The molecule has 0 fully saturated rings. The molecule has 2 rings (SSSR count). The lowest BCUT2D eigenvalue weighted by atomic mass is 10.1. The molecule has 0 bridgehead atoms. The number of rotatable bonds is 7. The largest absolute Gasteiger partial charge is 0.433 e. The molecule has 0 radical (unpaired) electrons. The average molecular weight is 403 g/mol. The minimum atomic E-state index is -2.97. The van der Waals surface area contributed by atoms with E-state index in [9.17, 15) is 13.6 Å². The molecule has 0 spiro atoms. The van der Waals surface area contributed by atoms with E-state index in [4.69, 9.17) is 23.2 Å². The normalized spacial score (nSPS) is 12.3. The lowest BCUT2D eigenvalue weighted by molar-refractivity contribution is -0.120. The van der Waals surface area contributed by atoms with Crippen molar-refractivity contribution in [1.29, 1.82) is 0 Å². The maximum absolute atomic E-state index is 12.5. The van der Waals surface area contributed by atoms with Crippen molar-refractivity contribution in [2.24, 2.45) is 0 Å². The van der Waals surface area contributed by atoms with E-state index >= 15 is 0 Å². The van der Waals surface area contributed by atoms with Gasteiger partial charge in [0.05, 0.1) is 21.8 Å². The van der Waals surface area contributed by atoms with Crippen molar-refractivity contribution in [3.05, 3.63) is 58.1 Å². The van der Waals surface area contributed by atoms with Crippen LogP contribution < -0.4 is 10.1 Å². The first-order valence-electron chi connectivity index (χ1n) is 7.77. The Morgan fingerprint density at radius 2 is 1.88 bits per heavy atom. The van der Waals surface area contributed by atoms with Gasteiger partial charge in [-0.3, -0.25) is 9.69 Å².